The lowest BCUT2D eigenvalue weighted by atomic mass is 10.1. The fraction of sp³-hybridized carbons (Fsp3) is 0.259. The van der Waals surface area contributed by atoms with Gasteiger partial charge in [-0.15, -0.1) is 0 Å². The third-order valence-electron chi connectivity index (χ3n) is 5.58. The minimum Gasteiger partial charge on any atom is -0.497 e. The number of ether oxygens (including phenoxy) is 3. The number of nitrogens with zero attached hydrogens (tertiary/aromatic N) is 2. The maximum absolute atomic E-state index is 5.50. The lowest BCUT2D eigenvalue weighted by molar-refractivity contribution is 0.356. The van der Waals surface area contributed by atoms with Gasteiger partial charge in [0, 0.05) is 24.5 Å². The summed E-state index contributed by atoms with van der Waals surface area (Å²) in [6.45, 7) is 1.43. The van der Waals surface area contributed by atoms with Crippen molar-refractivity contribution >= 4 is 22.7 Å². The Labute approximate surface area is 200 Å². The fourth-order valence-electron chi connectivity index (χ4n) is 3.79. The van der Waals surface area contributed by atoms with E-state index in [1.807, 2.05) is 36.4 Å². The number of rotatable bonds is 11. The third-order valence-corrected chi connectivity index (χ3v) is 5.58. The van der Waals surface area contributed by atoms with Gasteiger partial charge in [0.15, 0.2) is 11.5 Å². The summed E-state index contributed by atoms with van der Waals surface area (Å²) in [6, 6.07) is 22.2. The Balaban J connectivity index is 1.55. The summed E-state index contributed by atoms with van der Waals surface area (Å²) in [4.78, 5) is 9.50. The second kappa shape index (κ2) is 11.2. The average Bonchev–Trinajstić information content (AvgIpc) is 2.88. The van der Waals surface area contributed by atoms with Crippen molar-refractivity contribution in [1.29, 1.82) is 0 Å². The zero-order chi connectivity index (χ0) is 23.8. The van der Waals surface area contributed by atoms with Crippen LogP contribution in [0.25, 0.3) is 10.9 Å². The van der Waals surface area contributed by atoms with Gasteiger partial charge in [0.2, 0.25) is 5.95 Å². The van der Waals surface area contributed by atoms with Gasteiger partial charge < -0.3 is 24.8 Å². The van der Waals surface area contributed by atoms with Crippen LogP contribution in [0.3, 0.4) is 0 Å². The van der Waals surface area contributed by atoms with Crippen LogP contribution in [0, 0.1) is 0 Å². The summed E-state index contributed by atoms with van der Waals surface area (Å²) >= 11 is 0. The number of hydrogen-bond acceptors (Lipinski definition) is 7. The van der Waals surface area contributed by atoms with Gasteiger partial charge in [-0.2, -0.15) is 4.98 Å². The molecule has 176 valence electrons. The molecule has 0 aliphatic carbocycles. The number of anilines is 2. The molecule has 0 atom stereocenters. The van der Waals surface area contributed by atoms with E-state index < -0.39 is 0 Å². The molecule has 0 bridgehead atoms. The molecule has 0 radical (unpaired) electrons. The summed E-state index contributed by atoms with van der Waals surface area (Å²) in [6.07, 6.45) is 1.71. The van der Waals surface area contributed by atoms with Crippen molar-refractivity contribution in [1.82, 2.24) is 9.97 Å². The zero-order valence-electron chi connectivity index (χ0n) is 19.8. The van der Waals surface area contributed by atoms with Gasteiger partial charge in [0.1, 0.15) is 11.6 Å². The van der Waals surface area contributed by atoms with Gasteiger partial charge in [-0.3, -0.25) is 0 Å². The smallest absolute Gasteiger partial charge is 0.225 e. The molecular weight excluding hydrogens is 428 g/mol. The maximum atomic E-state index is 5.50. The molecule has 0 saturated carbocycles. The van der Waals surface area contributed by atoms with E-state index in [2.05, 4.69) is 41.0 Å². The minimum absolute atomic E-state index is 0.560. The number of methoxy groups -OCH3 is 3. The summed E-state index contributed by atoms with van der Waals surface area (Å²) in [5.41, 5.74) is 3.23. The molecule has 1 heterocycles. The van der Waals surface area contributed by atoms with Crippen LogP contribution in [-0.2, 0) is 12.8 Å². The summed E-state index contributed by atoms with van der Waals surface area (Å²) in [7, 11) is 4.93. The van der Waals surface area contributed by atoms with Gasteiger partial charge in [-0.05, 0) is 42.2 Å². The van der Waals surface area contributed by atoms with Crippen molar-refractivity contribution in [3.05, 3.63) is 77.9 Å². The molecule has 0 amide bonds. The van der Waals surface area contributed by atoms with Crippen LogP contribution in [0.2, 0.25) is 0 Å². The van der Waals surface area contributed by atoms with Crippen LogP contribution in [0.4, 0.5) is 11.8 Å². The molecule has 34 heavy (non-hydrogen) atoms. The van der Waals surface area contributed by atoms with Crippen LogP contribution >= 0.6 is 0 Å². The van der Waals surface area contributed by atoms with Gasteiger partial charge >= 0.3 is 0 Å². The van der Waals surface area contributed by atoms with Crippen molar-refractivity contribution in [2.45, 2.75) is 12.8 Å². The van der Waals surface area contributed by atoms with Crippen molar-refractivity contribution in [2.75, 3.05) is 45.1 Å². The lowest BCUT2D eigenvalue weighted by Crippen LogP contribution is -2.12. The predicted molar refractivity (Wildman–Crippen MR) is 136 cm³/mol. The Morgan fingerprint density at radius 3 is 2.15 bits per heavy atom. The summed E-state index contributed by atoms with van der Waals surface area (Å²) in [5.74, 6) is 3.44. The van der Waals surface area contributed by atoms with Crippen LogP contribution in [0.15, 0.2) is 66.7 Å². The Morgan fingerprint density at radius 2 is 1.38 bits per heavy atom. The van der Waals surface area contributed by atoms with E-state index in [4.69, 9.17) is 24.2 Å². The molecule has 0 unspecified atom stereocenters. The standard InChI is InChI=1S/C27H30N4O3/c1-32-21-11-7-10-20(16-21)13-15-29-27-30-23-18-25(34-3)24(33-2)17-22(23)26(31-27)28-14-12-19-8-5-4-6-9-19/h4-11,16-18H,12-15H2,1-3H3,(H2,28,29,30,31). The van der Waals surface area contributed by atoms with Gasteiger partial charge in [-0.25, -0.2) is 4.98 Å². The van der Waals surface area contributed by atoms with Crippen molar-refractivity contribution in [3.63, 3.8) is 0 Å². The van der Waals surface area contributed by atoms with Crippen LogP contribution in [0.1, 0.15) is 11.1 Å². The lowest BCUT2D eigenvalue weighted by Gasteiger charge is -2.14. The Morgan fingerprint density at radius 1 is 0.676 bits per heavy atom. The molecule has 0 aliphatic heterocycles. The highest BCUT2D eigenvalue weighted by atomic mass is 16.5. The van der Waals surface area contributed by atoms with Crippen LogP contribution < -0.4 is 24.8 Å². The molecule has 0 spiro atoms. The van der Waals surface area contributed by atoms with E-state index >= 15 is 0 Å². The molecule has 1 aromatic heterocycles. The number of hydrogen-bond donors (Lipinski definition) is 2. The zero-order valence-corrected chi connectivity index (χ0v) is 19.8. The van der Waals surface area contributed by atoms with Crippen molar-refractivity contribution in [2.24, 2.45) is 0 Å². The molecule has 0 fully saturated rings. The number of nitrogens with one attached hydrogen (secondary N) is 2. The molecule has 2 N–H and O–H groups in total. The number of benzene rings is 3. The summed E-state index contributed by atoms with van der Waals surface area (Å²) < 4.78 is 16.3. The molecule has 0 saturated heterocycles. The van der Waals surface area contributed by atoms with E-state index in [1.165, 1.54) is 11.1 Å². The molecule has 4 aromatic rings. The Kier molecular flexibility index (Phi) is 7.65. The highest BCUT2D eigenvalue weighted by Gasteiger charge is 2.13. The normalized spacial score (nSPS) is 10.7. The van der Waals surface area contributed by atoms with Gasteiger partial charge in [-0.1, -0.05) is 42.5 Å². The molecule has 7 heteroatoms. The quantitative estimate of drug-likeness (QED) is 0.329. The largest absolute Gasteiger partial charge is 0.497 e. The minimum atomic E-state index is 0.560. The van der Waals surface area contributed by atoms with E-state index in [0.717, 1.165) is 41.9 Å². The topological polar surface area (TPSA) is 77.5 Å². The average molecular weight is 459 g/mol. The highest BCUT2D eigenvalue weighted by molar-refractivity contribution is 5.92. The molecular formula is C27H30N4O3. The first-order chi connectivity index (χ1) is 16.7. The molecule has 0 aliphatic rings. The van der Waals surface area contributed by atoms with Crippen molar-refractivity contribution < 1.29 is 14.2 Å². The number of fused-ring (bicyclic) bond motifs is 1. The Bertz CT molecular complexity index is 1230. The molecule has 3 aromatic carbocycles. The second-order valence-electron chi connectivity index (χ2n) is 7.81. The SMILES string of the molecule is COc1cccc(CCNc2nc(NCCc3ccccc3)c3cc(OC)c(OC)cc3n2)c1. The highest BCUT2D eigenvalue weighted by Crippen LogP contribution is 2.34. The Hall–Kier alpha value is -4.00. The van der Waals surface area contributed by atoms with E-state index in [9.17, 15) is 0 Å². The molecule has 7 nitrogen and oxygen atoms in total. The first kappa shape index (κ1) is 23.2. The fourth-order valence-corrected chi connectivity index (χ4v) is 3.79. The predicted octanol–water partition coefficient (Wildman–Crippen LogP) is 4.96. The van der Waals surface area contributed by atoms with Gasteiger partial charge in [0.05, 0.1) is 26.8 Å². The number of aromatic nitrogens is 2. The van der Waals surface area contributed by atoms with E-state index in [-0.39, 0.29) is 0 Å². The maximum Gasteiger partial charge on any atom is 0.225 e. The first-order valence-corrected chi connectivity index (χ1v) is 11.3. The van der Waals surface area contributed by atoms with Crippen molar-refractivity contribution in [3.8, 4) is 17.2 Å². The molecule has 4 rings (SSSR count). The monoisotopic (exact) mass is 458 g/mol. The first-order valence-electron chi connectivity index (χ1n) is 11.3. The van der Waals surface area contributed by atoms with Crippen LogP contribution in [-0.4, -0.2) is 44.4 Å². The van der Waals surface area contributed by atoms with Crippen LogP contribution in [0.5, 0.6) is 17.2 Å². The van der Waals surface area contributed by atoms with Gasteiger partial charge in [0.25, 0.3) is 0 Å². The van der Waals surface area contributed by atoms with E-state index in [0.29, 0.717) is 24.0 Å². The second-order valence-corrected chi connectivity index (χ2v) is 7.81. The summed E-state index contributed by atoms with van der Waals surface area (Å²) in [5, 5.41) is 7.73. The van der Waals surface area contributed by atoms with E-state index in [1.54, 1.807) is 21.3 Å². The third kappa shape index (κ3) is 5.67.